The van der Waals surface area contributed by atoms with Gasteiger partial charge in [0.15, 0.2) is 0 Å². The van der Waals surface area contributed by atoms with E-state index in [1.165, 1.54) is 0 Å². The standard InChI is InChI=1S/C17H14N2O2/c20-17-15(11-13-7-3-1-4-8-13)16(18-19-17)12-21-14-9-5-2-6-10-14/h1-11H,12H2,(H,19,20). The zero-order valence-electron chi connectivity index (χ0n) is 11.3. The average molecular weight is 278 g/mol. The Morgan fingerprint density at radius 1 is 1.00 bits per heavy atom. The zero-order valence-corrected chi connectivity index (χ0v) is 11.3. The van der Waals surface area contributed by atoms with Crippen molar-refractivity contribution in [2.24, 2.45) is 5.10 Å². The van der Waals surface area contributed by atoms with Gasteiger partial charge < -0.3 is 4.74 Å². The van der Waals surface area contributed by atoms with E-state index >= 15 is 0 Å². The van der Waals surface area contributed by atoms with Crippen LogP contribution >= 0.6 is 0 Å². The number of para-hydroxylation sites is 1. The molecular formula is C17H14N2O2. The van der Waals surface area contributed by atoms with Crippen LogP contribution in [0.4, 0.5) is 0 Å². The van der Waals surface area contributed by atoms with Crippen molar-refractivity contribution >= 4 is 17.7 Å². The topological polar surface area (TPSA) is 50.7 Å². The highest BCUT2D eigenvalue weighted by Crippen LogP contribution is 2.14. The van der Waals surface area contributed by atoms with E-state index in [4.69, 9.17) is 4.74 Å². The molecule has 3 rings (SSSR count). The van der Waals surface area contributed by atoms with Gasteiger partial charge in [-0.05, 0) is 23.8 Å². The van der Waals surface area contributed by atoms with Gasteiger partial charge in [-0.15, -0.1) is 0 Å². The molecule has 2 aromatic carbocycles. The van der Waals surface area contributed by atoms with E-state index in [0.29, 0.717) is 11.3 Å². The van der Waals surface area contributed by atoms with E-state index in [1.807, 2.05) is 66.7 Å². The molecule has 1 heterocycles. The number of hydrogen-bond donors (Lipinski definition) is 1. The number of benzene rings is 2. The molecule has 1 amide bonds. The van der Waals surface area contributed by atoms with Crippen LogP contribution in [0, 0.1) is 0 Å². The number of amides is 1. The quantitative estimate of drug-likeness (QED) is 0.874. The Morgan fingerprint density at radius 3 is 2.38 bits per heavy atom. The molecule has 0 atom stereocenters. The fourth-order valence-electron chi connectivity index (χ4n) is 2.01. The predicted molar refractivity (Wildman–Crippen MR) is 81.9 cm³/mol. The van der Waals surface area contributed by atoms with E-state index in [2.05, 4.69) is 10.5 Å². The Kier molecular flexibility index (Phi) is 3.78. The summed E-state index contributed by atoms with van der Waals surface area (Å²) in [5.41, 5.74) is 4.58. The predicted octanol–water partition coefficient (Wildman–Crippen LogP) is 2.63. The third-order valence-electron chi connectivity index (χ3n) is 3.08. The molecule has 0 aliphatic carbocycles. The van der Waals surface area contributed by atoms with Crippen LogP contribution in [0.5, 0.6) is 5.75 Å². The first-order valence-electron chi connectivity index (χ1n) is 6.65. The fraction of sp³-hybridized carbons (Fsp3) is 0.0588. The molecular weight excluding hydrogens is 264 g/mol. The number of ether oxygens (including phenoxy) is 1. The second kappa shape index (κ2) is 6.05. The van der Waals surface area contributed by atoms with Gasteiger partial charge in [-0.2, -0.15) is 5.10 Å². The van der Waals surface area contributed by atoms with Crippen molar-refractivity contribution in [2.45, 2.75) is 0 Å². The molecule has 1 aliphatic heterocycles. The van der Waals surface area contributed by atoms with Crippen LogP contribution in [0.3, 0.4) is 0 Å². The Morgan fingerprint density at radius 2 is 1.67 bits per heavy atom. The number of rotatable bonds is 4. The third-order valence-corrected chi connectivity index (χ3v) is 3.08. The van der Waals surface area contributed by atoms with E-state index in [1.54, 1.807) is 0 Å². The molecule has 0 bridgehead atoms. The molecule has 0 saturated carbocycles. The summed E-state index contributed by atoms with van der Waals surface area (Å²) in [6.45, 7) is 0.251. The van der Waals surface area contributed by atoms with Gasteiger partial charge in [-0.25, -0.2) is 5.43 Å². The van der Waals surface area contributed by atoms with E-state index < -0.39 is 0 Å². The van der Waals surface area contributed by atoms with Gasteiger partial charge >= 0.3 is 0 Å². The fourth-order valence-corrected chi connectivity index (χ4v) is 2.01. The van der Waals surface area contributed by atoms with Crippen LogP contribution in [0.1, 0.15) is 5.56 Å². The smallest absolute Gasteiger partial charge is 0.273 e. The number of nitrogens with one attached hydrogen (secondary N) is 1. The van der Waals surface area contributed by atoms with E-state index in [9.17, 15) is 4.79 Å². The van der Waals surface area contributed by atoms with Crippen LogP contribution in [0.2, 0.25) is 0 Å². The molecule has 0 unspecified atom stereocenters. The molecule has 0 radical (unpaired) electrons. The lowest BCUT2D eigenvalue weighted by molar-refractivity contribution is -0.116. The molecule has 0 spiro atoms. The monoisotopic (exact) mass is 278 g/mol. The van der Waals surface area contributed by atoms with Crippen molar-refractivity contribution < 1.29 is 9.53 Å². The molecule has 104 valence electrons. The molecule has 4 nitrogen and oxygen atoms in total. The molecule has 4 heteroatoms. The number of hydrazone groups is 1. The number of carbonyl (C=O) groups is 1. The van der Waals surface area contributed by atoms with E-state index in [-0.39, 0.29) is 12.5 Å². The summed E-state index contributed by atoms with van der Waals surface area (Å²) in [5.74, 6) is 0.545. The Bertz CT molecular complexity index is 691. The minimum absolute atomic E-state index is 0.203. The summed E-state index contributed by atoms with van der Waals surface area (Å²) in [7, 11) is 0. The first kappa shape index (κ1) is 13.1. The largest absolute Gasteiger partial charge is 0.487 e. The first-order valence-corrected chi connectivity index (χ1v) is 6.65. The van der Waals surface area contributed by atoms with Crippen LogP contribution in [0.25, 0.3) is 6.08 Å². The van der Waals surface area contributed by atoms with Crippen molar-refractivity contribution in [3.05, 3.63) is 71.8 Å². The van der Waals surface area contributed by atoms with Gasteiger partial charge in [0, 0.05) is 0 Å². The number of hydrogen-bond acceptors (Lipinski definition) is 3. The van der Waals surface area contributed by atoms with Crippen molar-refractivity contribution in [1.82, 2.24) is 5.43 Å². The van der Waals surface area contributed by atoms with E-state index in [0.717, 1.165) is 11.3 Å². The van der Waals surface area contributed by atoms with Gasteiger partial charge in [0.2, 0.25) is 0 Å². The van der Waals surface area contributed by atoms with Crippen LogP contribution in [0.15, 0.2) is 71.3 Å². The van der Waals surface area contributed by atoms with Crippen LogP contribution in [-0.4, -0.2) is 18.2 Å². The highest BCUT2D eigenvalue weighted by molar-refractivity contribution is 6.28. The van der Waals surface area contributed by atoms with Crippen molar-refractivity contribution in [1.29, 1.82) is 0 Å². The zero-order chi connectivity index (χ0) is 14.5. The van der Waals surface area contributed by atoms with Crippen molar-refractivity contribution in [2.75, 3.05) is 6.61 Å². The molecule has 2 aromatic rings. The van der Waals surface area contributed by atoms with Gasteiger partial charge in [0.1, 0.15) is 18.1 Å². The normalized spacial score (nSPS) is 15.7. The summed E-state index contributed by atoms with van der Waals surface area (Å²) in [6, 6.07) is 19.1. The van der Waals surface area contributed by atoms with Crippen LogP contribution < -0.4 is 10.2 Å². The molecule has 0 saturated heterocycles. The number of carbonyl (C=O) groups excluding carboxylic acids is 1. The van der Waals surface area contributed by atoms with Gasteiger partial charge in [-0.3, -0.25) is 4.79 Å². The van der Waals surface area contributed by atoms with Gasteiger partial charge in [0.05, 0.1) is 5.57 Å². The van der Waals surface area contributed by atoms with Crippen LogP contribution in [-0.2, 0) is 4.79 Å². The maximum absolute atomic E-state index is 11.9. The molecule has 0 fully saturated rings. The Hall–Kier alpha value is -2.88. The summed E-state index contributed by atoms with van der Waals surface area (Å²) >= 11 is 0. The maximum atomic E-state index is 11.9. The lowest BCUT2D eigenvalue weighted by Crippen LogP contribution is -2.16. The minimum Gasteiger partial charge on any atom is -0.487 e. The minimum atomic E-state index is -0.203. The van der Waals surface area contributed by atoms with Crippen molar-refractivity contribution in [3.63, 3.8) is 0 Å². The Balaban J connectivity index is 1.75. The second-order valence-corrected chi connectivity index (χ2v) is 4.57. The highest BCUT2D eigenvalue weighted by Gasteiger charge is 2.22. The summed E-state index contributed by atoms with van der Waals surface area (Å²) in [6.07, 6.45) is 1.82. The molecule has 21 heavy (non-hydrogen) atoms. The summed E-state index contributed by atoms with van der Waals surface area (Å²) in [5, 5.41) is 4.03. The Labute approximate surface area is 122 Å². The first-order chi connectivity index (χ1) is 10.3. The molecule has 1 N–H and O–H groups in total. The van der Waals surface area contributed by atoms with Crippen molar-refractivity contribution in [3.8, 4) is 5.75 Å². The second-order valence-electron chi connectivity index (χ2n) is 4.57. The highest BCUT2D eigenvalue weighted by atomic mass is 16.5. The lowest BCUT2D eigenvalue weighted by atomic mass is 10.1. The maximum Gasteiger partial charge on any atom is 0.273 e. The molecule has 1 aliphatic rings. The summed E-state index contributed by atoms with van der Waals surface area (Å²) < 4.78 is 5.64. The third kappa shape index (κ3) is 3.17. The summed E-state index contributed by atoms with van der Waals surface area (Å²) in [4.78, 5) is 11.9. The lowest BCUT2D eigenvalue weighted by Gasteiger charge is -2.05. The number of nitrogens with zero attached hydrogens (tertiary/aromatic N) is 1. The average Bonchev–Trinajstić information content (AvgIpc) is 2.88. The van der Waals surface area contributed by atoms with Gasteiger partial charge in [-0.1, -0.05) is 48.5 Å². The molecule has 0 aromatic heterocycles. The van der Waals surface area contributed by atoms with Gasteiger partial charge in [0.25, 0.3) is 5.91 Å². The SMILES string of the molecule is O=C1NN=C(COc2ccccc2)C1=Cc1ccccc1.